The lowest BCUT2D eigenvalue weighted by Gasteiger charge is -2.26. The van der Waals surface area contributed by atoms with Gasteiger partial charge in [-0.05, 0) is 92.1 Å². The van der Waals surface area contributed by atoms with E-state index in [9.17, 15) is 5.11 Å². The number of benzene rings is 4. The van der Waals surface area contributed by atoms with Crippen molar-refractivity contribution in [1.29, 1.82) is 0 Å². The Bertz CT molecular complexity index is 2050. The first-order chi connectivity index (χ1) is 21.6. The molecule has 2 aromatic heterocycles. The van der Waals surface area contributed by atoms with Crippen molar-refractivity contribution in [3.05, 3.63) is 114 Å². The van der Waals surface area contributed by atoms with Crippen LogP contribution in [0.15, 0.2) is 102 Å². The highest BCUT2D eigenvalue weighted by atomic mass is 16.3. The van der Waals surface area contributed by atoms with E-state index in [0.717, 1.165) is 44.6 Å². The highest BCUT2D eigenvalue weighted by Crippen LogP contribution is 2.43. The summed E-state index contributed by atoms with van der Waals surface area (Å²) in [5.74, 6) is 0.525. The predicted molar refractivity (Wildman–Crippen MR) is 191 cm³/mol. The second-order valence-electron chi connectivity index (χ2n) is 15.4. The lowest BCUT2D eigenvalue weighted by Crippen LogP contribution is -2.14. The molecule has 0 unspecified atom stereocenters. The molecule has 6 rings (SSSR count). The molecule has 0 radical (unpaired) electrons. The standard InChI is InChI=1S/C42H44N2O2/c1-40(2,3)29-19-20-43-35(24-29)28-15-17-34(42(7,8)9)31(22-28)32-23-30(41(4,5)6)25-37-38(32)44-39(46-37)33-21-27(16-18-36(33)45)26-13-11-10-12-14-26/h10-25,45H,1-9H3. The van der Waals surface area contributed by atoms with Gasteiger partial charge in [0.2, 0.25) is 5.89 Å². The molecule has 0 atom stereocenters. The number of aromatic hydroxyl groups is 1. The molecule has 4 heteroatoms. The molecule has 6 aromatic rings. The number of phenolic OH excluding ortho intramolecular Hbond substituents is 1. The van der Waals surface area contributed by atoms with Crippen molar-refractivity contribution in [2.45, 2.75) is 78.6 Å². The minimum atomic E-state index is -0.132. The van der Waals surface area contributed by atoms with Crippen LogP contribution in [-0.4, -0.2) is 15.1 Å². The molecule has 0 fully saturated rings. The minimum absolute atomic E-state index is 0.0135. The van der Waals surface area contributed by atoms with Gasteiger partial charge in [0.25, 0.3) is 0 Å². The maximum absolute atomic E-state index is 11.0. The van der Waals surface area contributed by atoms with Crippen molar-refractivity contribution in [3.63, 3.8) is 0 Å². The van der Waals surface area contributed by atoms with Crippen LogP contribution >= 0.6 is 0 Å². The van der Waals surface area contributed by atoms with Gasteiger partial charge in [-0.1, -0.05) is 111 Å². The summed E-state index contributed by atoms with van der Waals surface area (Å²) in [6, 6.07) is 31.1. The number of hydrogen-bond acceptors (Lipinski definition) is 4. The second kappa shape index (κ2) is 11.3. The fraction of sp³-hybridized carbons (Fsp3) is 0.286. The molecule has 0 saturated heterocycles. The third kappa shape index (κ3) is 6.09. The zero-order chi connectivity index (χ0) is 33.0. The van der Waals surface area contributed by atoms with Gasteiger partial charge in [-0.15, -0.1) is 0 Å². The quantitative estimate of drug-likeness (QED) is 0.216. The third-order valence-electron chi connectivity index (χ3n) is 8.73. The van der Waals surface area contributed by atoms with Gasteiger partial charge in [0.1, 0.15) is 11.3 Å². The maximum atomic E-state index is 11.0. The van der Waals surface area contributed by atoms with Gasteiger partial charge < -0.3 is 9.52 Å². The van der Waals surface area contributed by atoms with Gasteiger partial charge in [0, 0.05) is 17.3 Å². The van der Waals surface area contributed by atoms with Gasteiger partial charge in [-0.3, -0.25) is 4.98 Å². The fourth-order valence-corrected chi connectivity index (χ4v) is 5.94. The molecular weight excluding hydrogens is 564 g/mol. The van der Waals surface area contributed by atoms with Crippen molar-refractivity contribution < 1.29 is 9.52 Å². The Morgan fingerprint density at radius 1 is 0.565 bits per heavy atom. The molecule has 4 aromatic carbocycles. The maximum Gasteiger partial charge on any atom is 0.231 e. The highest BCUT2D eigenvalue weighted by molar-refractivity contribution is 5.95. The van der Waals surface area contributed by atoms with Crippen molar-refractivity contribution >= 4 is 11.1 Å². The molecule has 0 amide bonds. The Labute approximate surface area is 273 Å². The van der Waals surface area contributed by atoms with Crippen LogP contribution in [0.3, 0.4) is 0 Å². The SMILES string of the molecule is CC(C)(C)c1ccnc(-c2ccc(C(C)(C)C)c(-c3cc(C(C)(C)C)cc4oc(-c5cc(-c6ccccc6)ccc5O)nc34)c2)c1. The number of oxazole rings is 1. The Kier molecular flexibility index (Phi) is 7.67. The molecule has 4 nitrogen and oxygen atoms in total. The third-order valence-corrected chi connectivity index (χ3v) is 8.73. The molecule has 234 valence electrons. The molecular formula is C42H44N2O2. The lowest BCUT2D eigenvalue weighted by atomic mass is 9.79. The summed E-state index contributed by atoms with van der Waals surface area (Å²) >= 11 is 0. The lowest BCUT2D eigenvalue weighted by molar-refractivity contribution is 0.474. The van der Waals surface area contributed by atoms with Crippen molar-refractivity contribution in [2.24, 2.45) is 0 Å². The van der Waals surface area contributed by atoms with E-state index in [1.54, 1.807) is 6.07 Å². The van der Waals surface area contributed by atoms with Crippen molar-refractivity contribution in [2.75, 3.05) is 0 Å². The van der Waals surface area contributed by atoms with Crippen LogP contribution in [0.5, 0.6) is 5.75 Å². The summed E-state index contributed by atoms with van der Waals surface area (Å²) in [5, 5.41) is 11.0. The van der Waals surface area contributed by atoms with E-state index in [1.165, 1.54) is 11.1 Å². The summed E-state index contributed by atoms with van der Waals surface area (Å²) in [5.41, 5.74) is 11.6. The molecule has 46 heavy (non-hydrogen) atoms. The zero-order valence-corrected chi connectivity index (χ0v) is 28.5. The topological polar surface area (TPSA) is 59.2 Å². The molecule has 0 aliphatic carbocycles. The number of phenols is 1. The van der Waals surface area contributed by atoms with E-state index < -0.39 is 0 Å². The van der Waals surface area contributed by atoms with Crippen molar-refractivity contribution in [3.8, 4) is 50.7 Å². The van der Waals surface area contributed by atoms with Crippen LogP contribution in [0.25, 0.3) is 56.1 Å². The first-order valence-electron chi connectivity index (χ1n) is 16.1. The summed E-state index contributed by atoms with van der Waals surface area (Å²) < 4.78 is 6.53. The molecule has 0 saturated carbocycles. The number of hydrogen-bond donors (Lipinski definition) is 1. The fourth-order valence-electron chi connectivity index (χ4n) is 5.94. The van der Waals surface area contributed by atoms with Crippen LogP contribution < -0.4 is 0 Å². The normalized spacial score (nSPS) is 12.5. The average molecular weight is 609 g/mol. The van der Waals surface area contributed by atoms with Crippen LogP contribution in [0.1, 0.15) is 79.0 Å². The number of rotatable bonds is 4. The van der Waals surface area contributed by atoms with Crippen LogP contribution in [0.2, 0.25) is 0 Å². The van der Waals surface area contributed by atoms with Crippen LogP contribution in [0, 0.1) is 0 Å². The summed E-state index contributed by atoms with van der Waals surface area (Å²) in [6.45, 7) is 20.1. The summed E-state index contributed by atoms with van der Waals surface area (Å²) in [6.07, 6.45) is 1.91. The highest BCUT2D eigenvalue weighted by Gasteiger charge is 2.26. The first-order valence-corrected chi connectivity index (χ1v) is 16.1. The number of fused-ring (bicyclic) bond motifs is 1. The smallest absolute Gasteiger partial charge is 0.231 e. The molecule has 0 spiro atoms. The van der Waals surface area contributed by atoms with Gasteiger partial charge in [0.15, 0.2) is 5.58 Å². The molecule has 0 bridgehead atoms. The van der Waals surface area contributed by atoms with Gasteiger partial charge in [-0.25, -0.2) is 4.98 Å². The number of aromatic nitrogens is 2. The minimum Gasteiger partial charge on any atom is -0.507 e. The second-order valence-corrected chi connectivity index (χ2v) is 15.4. The van der Waals surface area contributed by atoms with E-state index in [2.05, 4.69) is 117 Å². The predicted octanol–water partition coefficient (Wildman–Crippen LogP) is 11.5. The summed E-state index contributed by atoms with van der Waals surface area (Å²) in [4.78, 5) is 9.90. The zero-order valence-electron chi connectivity index (χ0n) is 28.5. The molecule has 2 heterocycles. The average Bonchev–Trinajstić information content (AvgIpc) is 3.44. The van der Waals surface area contributed by atoms with E-state index in [1.807, 2.05) is 36.5 Å². The van der Waals surface area contributed by atoms with E-state index in [4.69, 9.17) is 14.4 Å². The molecule has 1 N–H and O–H groups in total. The Hall–Kier alpha value is -4.70. The largest absolute Gasteiger partial charge is 0.507 e. The van der Waals surface area contributed by atoms with Crippen molar-refractivity contribution in [1.82, 2.24) is 9.97 Å². The Morgan fingerprint density at radius 3 is 1.91 bits per heavy atom. The van der Waals surface area contributed by atoms with Gasteiger partial charge in [0.05, 0.1) is 11.3 Å². The molecule has 0 aliphatic rings. The van der Waals surface area contributed by atoms with Gasteiger partial charge >= 0.3 is 0 Å². The van der Waals surface area contributed by atoms with Crippen LogP contribution in [-0.2, 0) is 16.2 Å². The Morgan fingerprint density at radius 2 is 1.24 bits per heavy atom. The van der Waals surface area contributed by atoms with E-state index in [0.29, 0.717) is 17.0 Å². The molecule has 0 aliphatic heterocycles. The first kappa shape index (κ1) is 31.3. The van der Waals surface area contributed by atoms with E-state index >= 15 is 0 Å². The monoisotopic (exact) mass is 608 g/mol. The number of pyridine rings is 1. The number of nitrogens with zero attached hydrogens (tertiary/aromatic N) is 2. The summed E-state index contributed by atoms with van der Waals surface area (Å²) in [7, 11) is 0. The van der Waals surface area contributed by atoms with Crippen LogP contribution in [0.4, 0.5) is 0 Å². The van der Waals surface area contributed by atoms with E-state index in [-0.39, 0.29) is 22.0 Å². The van der Waals surface area contributed by atoms with Gasteiger partial charge in [-0.2, -0.15) is 0 Å². The Balaban J connectivity index is 1.60.